The van der Waals surface area contributed by atoms with Gasteiger partial charge in [0.1, 0.15) is 0 Å². The summed E-state index contributed by atoms with van der Waals surface area (Å²) in [6.45, 7) is 0. The number of aliphatic hydroxyl groups excluding tert-OH is 1. The van der Waals surface area contributed by atoms with Crippen LogP contribution in [-0.4, -0.2) is 23.3 Å². The molecule has 2 atom stereocenters. The van der Waals surface area contributed by atoms with Crippen LogP contribution in [0, 0.1) is 11.8 Å². The predicted molar refractivity (Wildman–Crippen MR) is 79.8 cm³/mol. The van der Waals surface area contributed by atoms with Crippen LogP contribution in [0.1, 0.15) is 42.9 Å². The molecule has 0 aliphatic heterocycles. The molecular formula is C17H22N2O2. The summed E-state index contributed by atoms with van der Waals surface area (Å²) in [4.78, 5) is 12.3. The summed E-state index contributed by atoms with van der Waals surface area (Å²) in [5.74, 6) is 1.37. The summed E-state index contributed by atoms with van der Waals surface area (Å²) in [7, 11) is 0. The van der Waals surface area contributed by atoms with E-state index >= 15 is 0 Å². The first kappa shape index (κ1) is 13.1. The van der Waals surface area contributed by atoms with Gasteiger partial charge in [-0.25, -0.2) is 4.79 Å². The number of carbonyl (C=O) groups excluding carboxylic acids is 1. The van der Waals surface area contributed by atoms with Crippen LogP contribution in [0.15, 0.2) is 24.3 Å². The zero-order valence-electron chi connectivity index (χ0n) is 12.1. The molecule has 3 N–H and O–H groups in total. The average molecular weight is 286 g/mol. The molecule has 3 aliphatic rings. The highest BCUT2D eigenvalue weighted by molar-refractivity contribution is 5.75. The lowest BCUT2D eigenvalue weighted by atomic mass is 10.1. The minimum absolute atomic E-state index is 0.125. The lowest BCUT2D eigenvalue weighted by Crippen LogP contribution is -2.46. The molecule has 4 nitrogen and oxygen atoms in total. The maximum absolute atomic E-state index is 12.3. The van der Waals surface area contributed by atoms with Crippen LogP contribution < -0.4 is 10.6 Å². The lowest BCUT2D eigenvalue weighted by molar-refractivity contribution is 0.141. The Balaban J connectivity index is 1.42. The van der Waals surface area contributed by atoms with Crippen molar-refractivity contribution in [2.45, 2.75) is 50.3 Å². The highest BCUT2D eigenvalue weighted by Gasteiger charge is 2.42. The van der Waals surface area contributed by atoms with Gasteiger partial charge < -0.3 is 15.7 Å². The van der Waals surface area contributed by atoms with Crippen molar-refractivity contribution in [3.05, 3.63) is 35.4 Å². The van der Waals surface area contributed by atoms with Crippen molar-refractivity contribution in [3.8, 4) is 0 Å². The number of hydrogen-bond donors (Lipinski definition) is 3. The second-order valence-corrected chi connectivity index (χ2v) is 6.77. The maximum atomic E-state index is 12.3. The fraction of sp³-hybridized carbons (Fsp3) is 0.588. The fourth-order valence-corrected chi connectivity index (χ4v) is 3.61. The van der Waals surface area contributed by atoms with Gasteiger partial charge in [0.2, 0.25) is 0 Å². The molecule has 0 radical (unpaired) electrons. The Hall–Kier alpha value is -1.55. The minimum Gasteiger partial charge on any atom is -0.390 e. The summed E-state index contributed by atoms with van der Waals surface area (Å²) in [6, 6.07) is 7.90. The normalized spacial score (nSPS) is 27.5. The number of nitrogens with one attached hydrogen (secondary N) is 2. The molecule has 1 aromatic rings. The molecule has 0 spiro atoms. The topological polar surface area (TPSA) is 61.4 Å². The first-order chi connectivity index (χ1) is 10.2. The van der Waals surface area contributed by atoms with E-state index in [-0.39, 0.29) is 12.1 Å². The standard InChI is InChI=1S/C17H22N2O2/c20-14-9-12-3-1-2-4-13(12)16(14)19-17(21)18-15(10-5-6-10)11-7-8-11/h1-4,10-11,14-16,20H,5-9H2,(H2,18,19,21). The van der Waals surface area contributed by atoms with E-state index in [0.29, 0.717) is 24.3 Å². The molecule has 2 amide bonds. The van der Waals surface area contributed by atoms with Gasteiger partial charge in [-0.3, -0.25) is 0 Å². The van der Waals surface area contributed by atoms with E-state index in [0.717, 1.165) is 11.1 Å². The van der Waals surface area contributed by atoms with Gasteiger partial charge in [0.25, 0.3) is 0 Å². The molecule has 3 aliphatic carbocycles. The van der Waals surface area contributed by atoms with Crippen molar-refractivity contribution in [2.24, 2.45) is 11.8 Å². The number of amides is 2. The lowest BCUT2D eigenvalue weighted by Gasteiger charge is -2.22. The Morgan fingerprint density at radius 1 is 1.14 bits per heavy atom. The smallest absolute Gasteiger partial charge is 0.315 e. The number of carbonyl (C=O) groups is 1. The molecule has 0 saturated heterocycles. The Morgan fingerprint density at radius 2 is 1.81 bits per heavy atom. The molecule has 4 rings (SSSR count). The van der Waals surface area contributed by atoms with E-state index in [1.54, 1.807) is 0 Å². The molecule has 4 heteroatoms. The van der Waals surface area contributed by atoms with Crippen LogP contribution in [0.2, 0.25) is 0 Å². The van der Waals surface area contributed by atoms with Gasteiger partial charge in [-0.15, -0.1) is 0 Å². The second kappa shape index (κ2) is 5.02. The summed E-state index contributed by atoms with van der Waals surface area (Å²) in [5, 5.41) is 16.3. The fourth-order valence-electron chi connectivity index (χ4n) is 3.61. The first-order valence-electron chi connectivity index (χ1n) is 8.05. The third-order valence-corrected chi connectivity index (χ3v) is 5.05. The van der Waals surface area contributed by atoms with E-state index < -0.39 is 6.10 Å². The Morgan fingerprint density at radius 3 is 2.48 bits per heavy atom. The third-order valence-electron chi connectivity index (χ3n) is 5.05. The molecule has 2 fully saturated rings. The van der Waals surface area contributed by atoms with E-state index in [9.17, 15) is 9.90 Å². The van der Waals surface area contributed by atoms with Gasteiger partial charge in [-0.1, -0.05) is 24.3 Å². The molecule has 2 unspecified atom stereocenters. The number of benzene rings is 1. The highest BCUT2D eigenvalue weighted by atomic mass is 16.3. The SMILES string of the molecule is O=C(NC1c2ccccc2CC1O)NC(C1CC1)C1CC1. The van der Waals surface area contributed by atoms with E-state index in [1.807, 2.05) is 24.3 Å². The van der Waals surface area contributed by atoms with Crippen LogP contribution in [0.4, 0.5) is 4.79 Å². The Labute approximate surface area is 124 Å². The van der Waals surface area contributed by atoms with Crippen molar-refractivity contribution in [3.63, 3.8) is 0 Å². The van der Waals surface area contributed by atoms with Gasteiger partial charge in [0.15, 0.2) is 0 Å². The average Bonchev–Trinajstić information content (AvgIpc) is 3.37. The summed E-state index contributed by atoms with van der Waals surface area (Å²) >= 11 is 0. The largest absolute Gasteiger partial charge is 0.390 e. The van der Waals surface area contributed by atoms with Crippen LogP contribution in [0.25, 0.3) is 0 Å². The number of urea groups is 1. The van der Waals surface area contributed by atoms with Crippen LogP contribution in [0.3, 0.4) is 0 Å². The van der Waals surface area contributed by atoms with Crippen LogP contribution in [0.5, 0.6) is 0 Å². The number of fused-ring (bicyclic) bond motifs is 1. The monoisotopic (exact) mass is 286 g/mol. The third kappa shape index (κ3) is 2.64. The number of rotatable bonds is 4. The van der Waals surface area contributed by atoms with Gasteiger partial charge in [-0.05, 0) is 48.6 Å². The number of hydrogen-bond acceptors (Lipinski definition) is 2. The van der Waals surface area contributed by atoms with E-state index in [2.05, 4.69) is 10.6 Å². The van der Waals surface area contributed by atoms with Crippen molar-refractivity contribution in [1.82, 2.24) is 10.6 Å². The summed E-state index contributed by atoms with van der Waals surface area (Å²) < 4.78 is 0. The highest BCUT2D eigenvalue weighted by Crippen LogP contribution is 2.44. The zero-order chi connectivity index (χ0) is 14.4. The van der Waals surface area contributed by atoms with E-state index in [1.165, 1.54) is 25.7 Å². The molecule has 112 valence electrons. The van der Waals surface area contributed by atoms with Crippen LogP contribution >= 0.6 is 0 Å². The molecule has 21 heavy (non-hydrogen) atoms. The Bertz CT molecular complexity index is 539. The minimum atomic E-state index is -0.520. The molecule has 0 bridgehead atoms. The maximum Gasteiger partial charge on any atom is 0.315 e. The summed E-state index contributed by atoms with van der Waals surface area (Å²) in [6.07, 6.45) is 5.09. The van der Waals surface area contributed by atoms with Gasteiger partial charge in [0.05, 0.1) is 12.1 Å². The second-order valence-electron chi connectivity index (χ2n) is 6.77. The van der Waals surface area contributed by atoms with Crippen molar-refractivity contribution >= 4 is 6.03 Å². The van der Waals surface area contributed by atoms with Crippen LogP contribution in [-0.2, 0) is 6.42 Å². The summed E-state index contributed by atoms with van der Waals surface area (Å²) in [5.41, 5.74) is 2.19. The number of aliphatic hydroxyl groups is 1. The van der Waals surface area contributed by atoms with Crippen molar-refractivity contribution in [1.29, 1.82) is 0 Å². The first-order valence-corrected chi connectivity index (χ1v) is 8.05. The molecule has 0 aromatic heterocycles. The quantitative estimate of drug-likeness (QED) is 0.794. The predicted octanol–water partition coefficient (Wildman–Crippen LogP) is 2.13. The molecular weight excluding hydrogens is 264 g/mol. The van der Waals surface area contributed by atoms with E-state index in [4.69, 9.17) is 0 Å². The molecule has 2 saturated carbocycles. The van der Waals surface area contributed by atoms with Crippen molar-refractivity contribution in [2.75, 3.05) is 0 Å². The van der Waals surface area contributed by atoms with Crippen molar-refractivity contribution < 1.29 is 9.90 Å². The molecule has 1 aromatic carbocycles. The van der Waals surface area contributed by atoms with Gasteiger partial charge in [-0.2, -0.15) is 0 Å². The Kier molecular flexibility index (Phi) is 3.14. The van der Waals surface area contributed by atoms with Gasteiger partial charge in [0, 0.05) is 12.5 Å². The zero-order valence-corrected chi connectivity index (χ0v) is 12.1. The molecule has 0 heterocycles. The van der Waals surface area contributed by atoms with Gasteiger partial charge >= 0.3 is 6.03 Å².